The summed E-state index contributed by atoms with van der Waals surface area (Å²) in [4.78, 5) is 10.3. The highest BCUT2D eigenvalue weighted by molar-refractivity contribution is 9.08. The van der Waals surface area contributed by atoms with Crippen molar-refractivity contribution in [2.45, 2.75) is 24.6 Å². The highest BCUT2D eigenvalue weighted by Crippen LogP contribution is 2.33. The summed E-state index contributed by atoms with van der Waals surface area (Å²) < 4.78 is 5.66. The van der Waals surface area contributed by atoms with Crippen LogP contribution in [0.1, 0.15) is 24.8 Å². The molecule has 0 radical (unpaired) electrons. The fraction of sp³-hybridized carbons (Fsp3) is 0.500. The van der Waals surface area contributed by atoms with Gasteiger partial charge in [-0.1, -0.05) is 28.8 Å². The number of non-ortho nitro benzene ring substituents is 1. The van der Waals surface area contributed by atoms with E-state index in [9.17, 15) is 10.1 Å². The molecule has 0 aliphatic heterocycles. The minimum Gasteiger partial charge on any atom is -0.493 e. The molecule has 0 heterocycles. The summed E-state index contributed by atoms with van der Waals surface area (Å²) in [5, 5.41) is 11.2. The van der Waals surface area contributed by atoms with Gasteiger partial charge in [0.15, 0.2) is 0 Å². The Morgan fingerprint density at radius 2 is 2.24 bits per heavy atom. The number of nitro groups is 1. The molecule has 5 heteroatoms. The Bertz CT molecular complexity index is 418. The summed E-state index contributed by atoms with van der Waals surface area (Å²) >= 11 is 3.32. The van der Waals surface area contributed by atoms with E-state index in [0.29, 0.717) is 11.9 Å². The number of nitro benzene ring substituents is 1. The normalized spacial score (nSPS) is 14.6. The molecular formula is C12H14BrNO3. The van der Waals surface area contributed by atoms with Crippen LogP contribution in [-0.2, 0) is 5.33 Å². The maximum absolute atomic E-state index is 10.6. The molecule has 0 unspecified atom stereocenters. The molecule has 1 aromatic carbocycles. The number of ether oxygens (including phenoxy) is 1. The zero-order valence-corrected chi connectivity index (χ0v) is 11.0. The third-order valence-corrected chi connectivity index (χ3v) is 3.48. The van der Waals surface area contributed by atoms with Crippen LogP contribution in [0.25, 0.3) is 0 Å². The summed E-state index contributed by atoms with van der Waals surface area (Å²) in [5.74, 6) is 1.58. The molecule has 0 spiro atoms. The Morgan fingerprint density at radius 3 is 2.82 bits per heavy atom. The molecule has 0 bridgehead atoms. The number of benzene rings is 1. The van der Waals surface area contributed by atoms with Gasteiger partial charge < -0.3 is 4.74 Å². The van der Waals surface area contributed by atoms with E-state index in [1.807, 2.05) is 0 Å². The van der Waals surface area contributed by atoms with Gasteiger partial charge in [-0.05, 0) is 18.4 Å². The average molecular weight is 300 g/mol. The number of hydrogen-bond donors (Lipinski definition) is 0. The molecule has 17 heavy (non-hydrogen) atoms. The summed E-state index contributed by atoms with van der Waals surface area (Å²) in [7, 11) is 0. The maximum atomic E-state index is 10.6. The van der Waals surface area contributed by atoms with Crippen LogP contribution in [0.2, 0.25) is 0 Å². The molecule has 0 amide bonds. The van der Waals surface area contributed by atoms with Gasteiger partial charge in [-0.3, -0.25) is 10.1 Å². The van der Waals surface area contributed by atoms with Crippen molar-refractivity contribution in [3.63, 3.8) is 0 Å². The van der Waals surface area contributed by atoms with Gasteiger partial charge in [0.1, 0.15) is 5.75 Å². The summed E-state index contributed by atoms with van der Waals surface area (Å²) in [6.07, 6.45) is 3.71. The van der Waals surface area contributed by atoms with Gasteiger partial charge in [-0.15, -0.1) is 0 Å². The topological polar surface area (TPSA) is 52.4 Å². The summed E-state index contributed by atoms with van der Waals surface area (Å²) in [6, 6.07) is 4.72. The van der Waals surface area contributed by atoms with Crippen molar-refractivity contribution in [1.29, 1.82) is 0 Å². The average Bonchev–Trinajstić information content (AvgIpc) is 3.13. The zero-order valence-electron chi connectivity index (χ0n) is 9.39. The van der Waals surface area contributed by atoms with Gasteiger partial charge in [0, 0.05) is 23.0 Å². The lowest BCUT2D eigenvalue weighted by atomic mass is 10.2. The van der Waals surface area contributed by atoms with Crippen LogP contribution in [0.15, 0.2) is 18.2 Å². The largest absolute Gasteiger partial charge is 0.493 e. The van der Waals surface area contributed by atoms with Crippen molar-refractivity contribution in [1.82, 2.24) is 0 Å². The van der Waals surface area contributed by atoms with Crippen LogP contribution in [0.5, 0.6) is 5.75 Å². The molecule has 1 aromatic rings. The zero-order chi connectivity index (χ0) is 12.3. The highest BCUT2D eigenvalue weighted by atomic mass is 79.9. The van der Waals surface area contributed by atoms with E-state index in [1.54, 1.807) is 12.1 Å². The molecule has 0 saturated heterocycles. The Morgan fingerprint density at radius 1 is 1.47 bits per heavy atom. The van der Waals surface area contributed by atoms with E-state index < -0.39 is 0 Å². The number of rotatable bonds is 6. The van der Waals surface area contributed by atoms with E-state index in [2.05, 4.69) is 15.9 Å². The highest BCUT2D eigenvalue weighted by Gasteiger charge is 2.21. The SMILES string of the molecule is O=[N+]([O-])c1ccc(OCCC2CC2)c(CBr)c1. The fourth-order valence-corrected chi connectivity index (χ4v) is 2.10. The van der Waals surface area contributed by atoms with Crippen LogP contribution >= 0.6 is 15.9 Å². The predicted octanol–water partition coefficient (Wildman–Crippen LogP) is 3.67. The second-order valence-electron chi connectivity index (χ2n) is 4.26. The maximum Gasteiger partial charge on any atom is 0.270 e. The summed E-state index contributed by atoms with van der Waals surface area (Å²) in [6.45, 7) is 0.697. The second-order valence-corrected chi connectivity index (χ2v) is 4.82. The van der Waals surface area contributed by atoms with Crippen molar-refractivity contribution in [2.75, 3.05) is 6.61 Å². The molecule has 0 N–H and O–H groups in total. The first-order valence-corrected chi connectivity index (χ1v) is 6.79. The first kappa shape index (κ1) is 12.4. The molecule has 0 atom stereocenters. The Hall–Kier alpha value is -1.10. The first-order valence-electron chi connectivity index (χ1n) is 5.67. The van der Waals surface area contributed by atoms with E-state index in [1.165, 1.54) is 18.9 Å². The standard InChI is InChI=1S/C12H14BrNO3/c13-8-10-7-11(14(15)16)3-4-12(10)17-6-5-9-1-2-9/h3-4,7,9H,1-2,5-6,8H2. The quantitative estimate of drug-likeness (QED) is 0.457. The van der Waals surface area contributed by atoms with Crippen LogP contribution in [-0.4, -0.2) is 11.5 Å². The van der Waals surface area contributed by atoms with Crippen LogP contribution in [0.3, 0.4) is 0 Å². The third-order valence-electron chi connectivity index (χ3n) is 2.88. The molecule has 1 fully saturated rings. The monoisotopic (exact) mass is 299 g/mol. The number of hydrogen-bond acceptors (Lipinski definition) is 3. The third kappa shape index (κ3) is 3.43. The van der Waals surface area contributed by atoms with Gasteiger partial charge >= 0.3 is 0 Å². The lowest BCUT2D eigenvalue weighted by molar-refractivity contribution is -0.384. The van der Waals surface area contributed by atoms with Gasteiger partial charge in [-0.2, -0.15) is 0 Å². The van der Waals surface area contributed by atoms with Crippen LogP contribution in [0, 0.1) is 16.0 Å². The Balaban J connectivity index is 2.01. The van der Waals surface area contributed by atoms with Gasteiger partial charge in [-0.25, -0.2) is 0 Å². The van der Waals surface area contributed by atoms with Gasteiger partial charge in [0.2, 0.25) is 0 Å². The van der Waals surface area contributed by atoms with Crippen LogP contribution < -0.4 is 4.74 Å². The van der Waals surface area contributed by atoms with Gasteiger partial charge in [0.25, 0.3) is 5.69 Å². The minimum absolute atomic E-state index is 0.106. The lowest BCUT2D eigenvalue weighted by Gasteiger charge is -2.09. The van der Waals surface area contributed by atoms with Gasteiger partial charge in [0.05, 0.1) is 11.5 Å². The first-order chi connectivity index (χ1) is 8.20. The van der Waals surface area contributed by atoms with E-state index in [-0.39, 0.29) is 10.6 Å². The number of halogens is 1. The van der Waals surface area contributed by atoms with Crippen molar-refractivity contribution in [3.05, 3.63) is 33.9 Å². The smallest absolute Gasteiger partial charge is 0.270 e. The van der Waals surface area contributed by atoms with Crippen molar-refractivity contribution in [2.24, 2.45) is 5.92 Å². The molecule has 92 valence electrons. The van der Waals surface area contributed by atoms with E-state index in [0.717, 1.165) is 23.7 Å². The van der Waals surface area contributed by atoms with Crippen molar-refractivity contribution in [3.8, 4) is 5.75 Å². The van der Waals surface area contributed by atoms with E-state index in [4.69, 9.17) is 4.74 Å². The summed E-state index contributed by atoms with van der Waals surface area (Å²) in [5.41, 5.74) is 0.934. The fourth-order valence-electron chi connectivity index (χ4n) is 1.67. The Labute approximate surface area is 108 Å². The van der Waals surface area contributed by atoms with Crippen molar-refractivity contribution < 1.29 is 9.66 Å². The lowest BCUT2D eigenvalue weighted by Crippen LogP contribution is -2.01. The number of nitrogens with zero attached hydrogens (tertiary/aromatic N) is 1. The Kier molecular flexibility index (Phi) is 3.99. The minimum atomic E-state index is -0.389. The van der Waals surface area contributed by atoms with E-state index >= 15 is 0 Å². The second kappa shape index (κ2) is 5.49. The molecule has 1 aliphatic carbocycles. The molecule has 4 nitrogen and oxygen atoms in total. The molecule has 2 rings (SSSR count). The van der Waals surface area contributed by atoms with Crippen LogP contribution in [0.4, 0.5) is 5.69 Å². The predicted molar refractivity (Wildman–Crippen MR) is 68.6 cm³/mol. The molecule has 1 saturated carbocycles. The number of alkyl halides is 1. The molecule has 1 aliphatic rings. The molecular weight excluding hydrogens is 286 g/mol. The van der Waals surface area contributed by atoms with Crippen molar-refractivity contribution >= 4 is 21.6 Å². The molecule has 0 aromatic heterocycles.